The fraction of sp³-hybridized carbons (Fsp3) is 0.250. The lowest BCUT2D eigenvalue weighted by Crippen LogP contribution is -2.31. The highest BCUT2D eigenvalue weighted by molar-refractivity contribution is 7.96. The quantitative estimate of drug-likeness (QED) is 0.746. The van der Waals surface area contributed by atoms with Crippen LogP contribution in [-0.2, 0) is 10.0 Å². The van der Waals surface area contributed by atoms with Gasteiger partial charge in [-0.3, -0.25) is 4.31 Å². The molecule has 0 fully saturated rings. The summed E-state index contributed by atoms with van der Waals surface area (Å²) < 4.78 is 26.7. The Morgan fingerprint density at radius 1 is 1.20 bits per heavy atom. The maximum Gasteiger partial charge on any atom is 0.264 e. The number of para-hydroxylation sites is 1. The SMILES string of the molecule is C=C/C(=C\C=C(C)C)S(=O)(=O)N(CC)c1ccccc1. The largest absolute Gasteiger partial charge is 0.267 e. The predicted molar refractivity (Wildman–Crippen MR) is 86.1 cm³/mol. The zero-order chi connectivity index (χ0) is 15.2. The van der Waals surface area contributed by atoms with E-state index in [2.05, 4.69) is 6.58 Å². The van der Waals surface area contributed by atoms with Gasteiger partial charge in [-0.25, -0.2) is 8.42 Å². The Bertz CT molecular complexity index is 609. The molecule has 0 aliphatic heterocycles. The summed E-state index contributed by atoms with van der Waals surface area (Å²) in [6.07, 6.45) is 4.73. The number of nitrogens with zero attached hydrogens (tertiary/aromatic N) is 1. The van der Waals surface area contributed by atoms with Crippen LogP contribution in [-0.4, -0.2) is 15.0 Å². The molecule has 0 saturated heterocycles. The molecule has 0 spiro atoms. The lowest BCUT2D eigenvalue weighted by molar-refractivity contribution is 0.599. The van der Waals surface area contributed by atoms with Crippen LogP contribution in [0.1, 0.15) is 20.8 Å². The lowest BCUT2D eigenvalue weighted by atomic mass is 10.3. The molecule has 0 aliphatic carbocycles. The third kappa shape index (κ3) is 3.84. The van der Waals surface area contributed by atoms with Crippen molar-refractivity contribution in [3.63, 3.8) is 0 Å². The third-order valence-electron chi connectivity index (χ3n) is 2.70. The summed E-state index contributed by atoms with van der Waals surface area (Å²) in [5, 5.41) is 0. The molecule has 1 aromatic carbocycles. The minimum absolute atomic E-state index is 0.199. The molecule has 0 N–H and O–H groups in total. The zero-order valence-electron chi connectivity index (χ0n) is 12.2. The molecule has 0 heterocycles. The van der Waals surface area contributed by atoms with Gasteiger partial charge < -0.3 is 0 Å². The number of hydrogen-bond donors (Lipinski definition) is 0. The van der Waals surface area contributed by atoms with Crippen molar-refractivity contribution in [1.29, 1.82) is 0 Å². The first-order valence-electron chi connectivity index (χ1n) is 6.49. The van der Waals surface area contributed by atoms with Crippen LogP contribution in [0.5, 0.6) is 0 Å². The number of benzene rings is 1. The topological polar surface area (TPSA) is 37.4 Å². The smallest absolute Gasteiger partial charge is 0.264 e. The van der Waals surface area contributed by atoms with Crippen molar-refractivity contribution in [2.24, 2.45) is 0 Å². The Kier molecular flexibility index (Phi) is 5.77. The van der Waals surface area contributed by atoms with E-state index in [1.807, 2.05) is 39.0 Å². The molecule has 0 bridgehead atoms. The number of anilines is 1. The Morgan fingerprint density at radius 3 is 2.25 bits per heavy atom. The van der Waals surface area contributed by atoms with Crippen LogP contribution in [0, 0.1) is 0 Å². The molecule has 0 radical (unpaired) electrons. The van der Waals surface area contributed by atoms with Crippen molar-refractivity contribution in [2.45, 2.75) is 20.8 Å². The molecule has 1 rings (SSSR count). The average Bonchev–Trinajstić information content (AvgIpc) is 2.40. The lowest BCUT2D eigenvalue weighted by Gasteiger charge is -2.23. The van der Waals surface area contributed by atoms with E-state index in [0.29, 0.717) is 12.2 Å². The number of hydrogen-bond acceptors (Lipinski definition) is 2. The van der Waals surface area contributed by atoms with Crippen molar-refractivity contribution in [3.8, 4) is 0 Å². The molecular formula is C16H21NO2S. The van der Waals surface area contributed by atoms with Crippen molar-refractivity contribution in [1.82, 2.24) is 0 Å². The van der Waals surface area contributed by atoms with Gasteiger partial charge in [0.15, 0.2) is 0 Å². The summed E-state index contributed by atoms with van der Waals surface area (Å²) in [5.74, 6) is 0. The van der Waals surface area contributed by atoms with E-state index in [9.17, 15) is 8.42 Å². The second-order valence-corrected chi connectivity index (χ2v) is 6.38. The molecule has 0 unspecified atom stereocenters. The van der Waals surface area contributed by atoms with Crippen molar-refractivity contribution >= 4 is 15.7 Å². The van der Waals surface area contributed by atoms with Crippen LogP contribution in [0.15, 0.2) is 65.6 Å². The van der Waals surface area contributed by atoms with Gasteiger partial charge >= 0.3 is 0 Å². The Labute approximate surface area is 122 Å². The van der Waals surface area contributed by atoms with E-state index in [4.69, 9.17) is 0 Å². The first kappa shape index (κ1) is 16.2. The van der Waals surface area contributed by atoms with E-state index < -0.39 is 10.0 Å². The Balaban J connectivity index is 3.28. The molecule has 3 nitrogen and oxygen atoms in total. The summed E-state index contributed by atoms with van der Waals surface area (Å²) in [6.45, 7) is 9.62. The summed E-state index contributed by atoms with van der Waals surface area (Å²) in [5.41, 5.74) is 1.68. The van der Waals surface area contributed by atoms with Gasteiger partial charge in [0.25, 0.3) is 10.0 Å². The standard InChI is InChI=1S/C16H21NO2S/c1-5-16(13-12-14(3)4)20(18,19)17(6-2)15-10-8-7-9-11-15/h5,7-13H,1,6H2,2-4H3/b16-13+. The second kappa shape index (κ2) is 7.10. The fourth-order valence-electron chi connectivity index (χ4n) is 1.72. The van der Waals surface area contributed by atoms with Gasteiger partial charge in [0.2, 0.25) is 0 Å². The van der Waals surface area contributed by atoms with Gasteiger partial charge in [-0.1, -0.05) is 36.4 Å². The number of rotatable bonds is 6. The van der Waals surface area contributed by atoms with E-state index >= 15 is 0 Å². The minimum atomic E-state index is -3.58. The maximum absolute atomic E-state index is 12.7. The summed E-state index contributed by atoms with van der Waals surface area (Å²) in [6, 6.07) is 9.06. The summed E-state index contributed by atoms with van der Waals surface area (Å²) >= 11 is 0. The third-order valence-corrected chi connectivity index (χ3v) is 4.65. The van der Waals surface area contributed by atoms with Crippen LogP contribution in [0.4, 0.5) is 5.69 Å². The highest BCUT2D eigenvalue weighted by atomic mass is 32.2. The average molecular weight is 291 g/mol. The molecule has 0 aromatic heterocycles. The van der Waals surface area contributed by atoms with Crippen LogP contribution in [0.2, 0.25) is 0 Å². The molecule has 0 amide bonds. The second-order valence-electron chi connectivity index (χ2n) is 4.52. The van der Waals surface area contributed by atoms with E-state index in [0.717, 1.165) is 5.57 Å². The minimum Gasteiger partial charge on any atom is -0.267 e. The molecule has 0 aliphatic rings. The van der Waals surface area contributed by atoms with Crippen LogP contribution in [0.3, 0.4) is 0 Å². The Morgan fingerprint density at radius 2 is 1.80 bits per heavy atom. The highest BCUT2D eigenvalue weighted by Crippen LogP contribution is 2.22. The molecule has 4 heteroatoms. The zero-order valence-corrected chi connectivity index (χ0v) is 13.0. The van der Waals surface area contributed by atoms with E-state index in [-0.39, 0.29) is 4.91 Å². The van der Waals surface area contributed by atoms with Crippen molar-refractivity contribution in [2.75, 3.05) is 10.8 Å². The predicted octanol–water partition coefficient (Wildman–Crippen LogP) is 3.88. The van der Waals surface area contributed by atoms with Crippen molar-refractivity contribution in [3.05, 3.63) is 65.6 Å². The molecule has 0 saturated carbocycles. The van der Waals surface area contributed by atoms with Gasteiger partial charge in [-0.15, -0.1) is 0 Å². The monoisotopic (exact) mass is 291 g/mol. The van der Waals surface area contributed by atoms with Gasteiger partial charge in [0.05, 0.1) is 10.6 Å². The molecule has 0 atom stereocenters. The molecule has 20 heavy (non-hydrogen) atoms. The Hall–Kier alpha value is -1.81. The number of sulfonamides is 1. The van der Waals surface area contributed by atoms with E-state index in [1.54, 1.807) is 24.3 Å². The first-order chi connectivity index (χ1) is 9.43. The maximum atomic E-state index is 12.7. The van der Waals surface area contributed by atoms with Gasteiger partial charge in [0.1, 0.15) is 0 Å². The fourth-order valence-corrected chi connectivity index (χ4v) is 3.17. The van der Waals surface area contributed by atoms with Gasteiger partial charge in [0, 0.05) is 6.54 Å². The van der Waals surface area contributed by atoms with Crippen LogP contribution >= 0.6 is 0 Å². The van der Waals surface area contributed by atoms with Crippen LogP contribution < -0.4 is 4.31 Å². The van der Waals surface area contributed by atoms with Crippen molar-refractivity contribution < 1.29 is 8.42 Å². The number of allylic oxidation sites excluding steroid dienone is 4. The van der Waals surface area contributed by atoms with Gasteiger partial charge in [-0.2, -0.15) is 0 Å². The first-order valence-corrected chi connectivity index (χ1v) is 7.93. The molecule has 1 aromatic rings. The highest BCUT2D eigenvalue weighted by Gasteiger charge is 2.23. The van der Waals surface area contributed by atoms with E-state index in [1.165, 1.54) is 10.4 Å². The normalized spacial score (nSPS) is 11.8. The molecular weight excluding hydrogens is 270 g/mol. The molecule has 108 valence electrons. The van der Waals surface area contributed by atoms with Gasteiger partial charge in [-0.05, 0) is 45.1 Å². The summed E-state index contributed by atoms with van der Waals surface area (Å²) in [7, 11) is -3.58. The van der Waals surface area contributed by atoms with Crippen LogP contribution in [0.25, 0.3) is 0 Å². The summed E-state index contributed by atoms with van der Waals surface area (Å²) in [4.78, 5) is 0.199.